The van der Waals surface area contributed by atoms with Gasteiger partial charge in [0, 0.05) is 13.0 Å². The van der Waals surface area contributed by atoms with E-state index < -0.39 is 36.2 Å². The summed E-state index contributed by atoms with van der Waals surface area (Å²) in [5.41, 5.74) is 0.824. The number of aliphatic hydroxyl groups is 1. The van der Waals surface area contributed by atoms with E-state index in [1.165, 1.54) is 18.9 Å². The van der Waals surface area contributed by atoms with E-state index in [2.05, 4.69) is 10.1 Å². The molecule has 2 rings (SSSR count). The Morgan fingerprint density at radius 2 is 2.00 bits per heavy atom. The highest BCUT2D eigenvalue weighted by Crippen LogP contribution is 2.20. The summed E-state index contributed by atoms with van der Waals surface area (Å²) >= 11 is 0. The van der Waals surface area contributed by atoms with Gasteiger partial charge in [0.25, 0.3) is 0 Å². The van der Waals surface area contributed by atoms with Gasteiger partial charge < -0.3 is 24.8 Å². The summed E-state index contributed by atoms with van der Waals surface area (Å²) in [6, 6.07) is 7.39. The number of carbonyl (C=O) groups excluding carboxylic acids is 3. The quantitative estimate of drug-likeness (QED) is 0.747. The molecule has 0 radical (unpaired) electrons. The normalized spacial score (nSPS) is 20.7. The Kier molecular flexibility index (Phi) is 6.35. The maximum atomic E-state index is 12.5. The Morgan fingerprint density at radius 1 is 1.32 bits per heavy atom. The average molecular weight is 350 g/mol. The number of amides is 2. The van der Waals surface area contributed by atoms with Crippen molar-refractivity contribution in [1.82, 2.24) is 10.2 Å². The van der Waals surface area contributed by atoms with Crippen molar-refractivity contribution in [3.63, 3.8) is 0 Å². The molecule has 8 nitrogen and oxygen atoms in total. The van der Waals surface area contributed by atoms with Gasteiger partial charge in [-0.3, -0.25) is 4.79 Å². The van der Waals surface area contributed by atoms with E-state index in [1.807, 2.05) is 30.3 Å². The van der Waals surface area contributed by atoms with E-state index in [0.717, 1.165) is 5.56 Å². The van der Waals surface area contributed by atoms with Crippen molar-refractivity contribution >= 4 is 18.0 Å². The van der Waals surface area contributed by atoms with Crippen molar-refractivity contribution in [3.8, 4) is 0 Å². The van der Waals surface area contributed by atoms with Crippen LogP contribution in [0.4, 0.5) is 4.79 Å². The minimum Gasteiger partial charge on any atom is -0.467 e. The number of hydrogen-bond donors (Lipinski definition) is 2. The first-order valence-electron chi connectivity index (χ1n) is 7.96. The molecule has 0 saturated carbocycles. The molecule has 0 aliphatic carbocycles. The van der Waals surface area contributed by atoms with Crippen molar-refractivity contribution in [1.29, 1.82) is 0 Å². The van der Waals surface area contributed by atoms with E-state index in [4.69, 9.17) is 4.74 Å². The lowest BCUT2D eigenvalue weighted by Crippen LogP contribution is -2.50. The standard InChI is InChI=1S/C17H22N2O6/c1-11(18-17(23)25-10-12-6-4-3-5-7-12)15(21)19-9-13(20)8-14(19)16(22)24-2/h3-7,11,13-14,20H,8-10H2,1-2H3,(H,18,23)/t11-,13+,14-/m0/s1. The molecule has 0 unspecified atom stereocenters. The van der Waals surface area contributed by atoms with Gasteiger partial charge in [-0.05, 0) is 12.5 Å². The summed E-state index contributed by atoms with van der Waals surface area (Å²) in [5.74, 6) is -1.08. The predicted octanol–water partition coefficient (Wildman–Crippen LogP) is 0.436. The number of aliphatic hydroxyl groups excluding tert-OH is 1. The van der Waals surface area contributed by atoms with Gasteiger partial charge in [-0.25, -0.2) is 9.59 Å². The molecular formula is C17H22N2O6. The Labute approximate surface area is 145 Å². The second kappa shape index (κ2) is 8.48. The van der Waals surface area contributed by atoms with Crippen LogP contribution in [0.2, 0.25) is 0 Å². The number of esters is 1. The molecule has 1 aromatic rings. The van der Waals surface area contributed by atoms with Crippen molar-refractivity contribution in [2.24, 2.45) is 0 Å². The molecule has 1 aromatic carbocycles. The molecule has 1 saturated heterocycles. The number of nitrogens with one attached hydrogen (secondary N) is 1. The molecule has 25 heavy (non-hydrogen) atoms. The number of β-amino-alcohol motifs (C(OH)–C–C–N with tert-alkyl or cyclic N) is 1. The zero-order chi connectivity index (χ0) is 18.4. The molecule has 3 atom stereocenters. The lowest BCUT2D eigenvalue weighted by molar-refractivity contribution is -0.151. The Balaban J connectivity index is 1.88. The largest absolute Gasteiger partial charge is 0.467 e. The summed E-state index contributed by atoms with van der Waals surface area (Å²) < 4.78 is 9.72. The van der Waals surface area contributed by atoms with E-state index in [0.29, 0.717) is 0 Å². The monoisotopic (exact) mass is 350 g/mol. The average Bonchev–Trinajstić information content (AvgIpc) is 3.01. The maximum absolute atomic E-state index is 12.5. The van der Waals surface area contributed by atoms with Crippen LogP contribution in [0.15, 0.2) is 30.3 Å². The number of hydrogen-bond acceptors (Lipinski definition) is 6. The van der Waals surface area contributed by atoms with Crippen molar-refractivity contribution in [2.75, 3.05) is 13.7 Å². The van der Waals surface area contributed by atoms with Gasteiger partial charge in [0.1, 0.15) is 18.7 Å². The molecule has 1 aliphatic heterocycles. The number of alkyl carbamates (subject to hydrolysis) is 1. The molecule has 136 valence electrons. The Hall–Kier alpha value is -2.61. The van der Waals surface area contributed by atoms with Gasteiger partial charge in [-0.2, -0.15) is 0 Å². The SMILES string of the molecule is COC(=O)[C@@H]1C[C@@H](O)CN1C(=O)[C@H](C)NC(=O)OCc1ccccc1. The Morgan fingerprint density at radius 3 is 2.64 bits per heavy atom. The summed E-state index contributed by atoms with van der Waals surface area (Å²) in [4.78, 5) is 37.3. The minimum absolute atomic E-state index is 0.0175. The van der Waals surface area contributed by atoms with E-state index in [-0.39, 0.29) is 19.6 Å². The molecule has 1 heterocycles. The molecule has 2 amide bonds. The van der Waals surface area contributed by atoms with Gasteiger partial charge in [-0.15, -0.1) is 0 Å². The summed E-state index contributed by atoms with van der Waals surface area (Å²) in [6.07, 6.45) is -1.42. The van der Waals surface area contributed by atoms with Crippen LogP contribution < -0.4 is 5.32 Å². The molecule has 2 N–H and O–H groups in total. The topological polar surface area (TPSA) is 105 Å². The maximum Gasteiger partial charge on any atom is 0.408 e. The smallest absolute Gasteiger partial charge is 0.408 e. The molecule has 1 aliphatic rings. The molecule has 0 bridgehead atoms. The lowest BCUT2D eigenvalue weighted by Gasteiger charge is -2.25. The van der Waals surface area contributed by atoms with Gasteiger partial charge in [0.15, 0.2) is 0 Å². The number of rotatable bonds is 5. The highest BCUT2D eigenvalue weighted by molar-refractivity contribution is 5.90. The van der Waals surface area contributed by atoms with Gasteiger partial charge >= 0.3 is 12.1 Å². The van der Waals surface area contributed by atoms with Crippen LogP contribution in [0.3, 0.4) is 0 Å². The summed E-state index contributed by atoms with van der Waals surface area (Å²) in [5, 5.41) is 12.2. The van der Waals surface area contributed by atoms with Crippen molar-refractivity contribution in [3.05, 3.63) is 35.9 Å². The third kappa shape index (κ3) is 4.93. The minimum atomic E-state index is -0.902. The van der Waals surface area contributed by atoms with Gasteiger partial charge in [0.05, 0.1) is 13.2 Å². The highest BCUT2D eigenvalue weighted by atomic mass is 16.5. The third-order valence-electron chi connectivity index (χ3n) is 3.95. The van der Waals surface area contributed by atoms with Crippen molar-refractivity contribution in [2.45, 2.75) is 38.1 Å². The molecule has 0 spiro atoms. The van der Waals surface area contributed by atoms with E-state index in [1.54, 1.807) is 0 Å². The fourth-order valence-electron chi connectivity index (χ4n) is 2.67. The van der Waals surface area contributed by atoms with Gasteiger partial charge in [-0.1, -0.05) is 30.3 Å². The second-order valence-electron chi connectivity index (χ2n) is 5.85. The van der Waals surface area contributed by atoms with Crippen LogP contribution in [-0.4, -0.2) is 59.8 Å². The first-order valence-corrected chi connectivity index (χ1v) is 7.96. The van der Waals surface area contributed by atoms with Crippen molar-refractivity contribution < 1.29 is 29.0 Å². The fourth-order valence-corrected chi connectivity index (χ4v) is 2.67. The van der Waals surface area contributed by atoms with Crippen LogP contribution in [0, 0.1) is 0 Å². The number of carbonyl (C=O) groups is 3. The summed E-state index contributed by atoms with van der Waals surface area (Å²) in [7, 11) is 1.22. The number of methoxy groups -OCH3 is 1. The second-order valence-corrected chi connectivity index (χ2v) is 5.85. The number of benzene rings is 1. The zero-order valence-electron chi connectivity index (χ0n) is 14.2. The zero-order valence-corrected chi connectivity index (χ0v) is 14.2. The summed E-state index contributed by atoms with van der Waals surface area (Å²) in [6.45, 7) is 1.59. The van der Waals surface area contributed by atoms with Crippen LogP contribution in [0.5, 0.6) is 0 Å². The van der Waals surface area contributed by atoms with Crippen LogP contribution in [0.1, 0.15) is 18.9 Å². The number of likely N-dealkylation sites (tertiary alicyclic amines) is 1. The molecular weight excluding hydrogens is 328 g/mol. The third-order valence-corrected chi connectivity index (χ3v) is 3.95. The molecule has 0 aromatic heterocycles. The highest BCUT2D eigenvalue weighted by Gasteiger charge is 2.41. The van der Waals surface area contributed by atoms with E-state index in [9.17, 15) is 19.5 Å². The van der Waals surface area contributed by atoms with Crippen LogP contribution >= 0.6 is 0 Å². The molecule has 1 fully saturated rings. The number of nitrogens with zero attached hydrogens (tertiary/aromatic N) is 1. The van der Waals surface area contributed by atoms with E-state index >= 15 is 0 Å². The number of ether oxygens (including phenoxy) is 2. The first-order chi connectivity index (χ1) is 11.9. The van der Waals surface area contributed by atoms with Gasteiger partial charge in [0.2, 0.25) is 5.91 Å². The fraction of sp³-hybridized carbons (Fsp3) is 0.471. The predicted molar refractivity (Wildman–Crippen MR) is 87.4 cm³/mol. The first kappa shape index (κ1) is 18.7. The van der Waals surface area contributed by atoms with Crippen LogP contribution in [-0.2, 0) is 25.7 Å². The Bertz CT molecular complexity index is 621. The molecule has 8 heteroatoms. The lowest BCUT2D eigenvalue weighted by atomic mass is 10.2. The van der Waals surface area contributed by atoms with Crippen LogP contribution in [0.25, 0.3) is 0 Å².